The van der Waals surface area contributed by atoms with Gasteiger partial charge in [-0.15, -0.1) is 0 Å². The Morgan fingerprint density at radius 2 is 1.92 bits per heavy atom. The molecule has 1 aromatic heterocycles. The molecule has 1 amide bonds. The maximum atomic E-state index is 12.3. The maximum absolute atomic E-state index is 12.3. The van der Waals surface area contributed by atoms with Gasteiger partial charge in [-0.3, -0.25) is 4.79 Å². The second-order valence-corrected chi connectivity index (χ2v) is 6.09. The highest BCUT2D eigenvalue weighted by Gasteiger charge is 2.12. The molecule has 1 aromatic carbocycles. The molecule has 0 unspecified atom stereocenters. The lowest BCUT2D eigenvalue weighted by Gasteiger charge is -2.12. The first-order valence-corrected chi connectivity index (χ1v) is 9.05. The van der Waals surface area contributed by atoms with Crippen molar-refractivity contribution in [3.8, 4) is 11.5 Å². The number of hydrogen-bond acceptors (Lipinski definition) is 6. The lowest BCUT2D eigenvalue weighted by Crippen LogP contribution is -2.24. The topological polar surface area (TPSA) is 86.5 Å². The summed E-state index contributed by atoms with van der Waals surface area (Å²) in [5.74, 6) is 2.62. The summed E-state index contributed by atoms with van der Waals surface area (Å²) in [5, 5.41) is 6.82. The maximum Gasteiger partial charge on any atom is 0.251 e. The van der Waals surface area contributed by atoms with Crippen LogP contribution in [0, 0.1) is 0 Å². The number of aromatic nitrogens is 2. The minimum Gasteiger partial charge on any atom is -0.490 e. The molecule has 0 aliphatic heterocycles. The zero-order chi connectivity index (χ0) is 18.9. The SMILES string of the molecule is CCOc1ccc(C(=O)NCCCc2nc(C(C)C)no2)cc1OCC. The molecule has 0 saturated heterocycles. The molecule has 0 saturated carbocycles. The van der Waals surface area contributed by atoms with E-state index in [1.165, 1.54) is 0 Å². The van der Waals surface area contributed by atoms with E-state index in [-0.39, 0.29) is 11.8 Å². The fraction of sp³-hybridized carbons (Fsp3) is 0.526. The smallest absolute Gasteiger partial charge is 0.251 e. The number of nitrogens with zero attached hydrogens (tertiary/aromatic N) is 2. The first-order chi connectivity index (χ1) is 12.5. The summed E-state index contributed by atoms with van der Waals surface area (Å²) in [7, 11) is 0. The third-order valence-electron chi connectivity index (χ3n) is 3.66. The van der Waals surface area contributed by atoms with Crippen molar-refractivity contribution < 1.29 is 18.8 Å². The summed E-state index contributed by atoms with van der Waals surface area (Å²) in [6.45, 7) is 9.40. The van der Waals surface area contributed by atoms with Crippen molar-refractivity contribution in [1.82, 2.24) is 15.5 Å². The molecule has 0 bridgehead atoms. The van der Waals surface area contributed by atoms with Gasteiger partial charge in [0.2, 0.25) is 5.89 Å². The Balaban J connectivity index is 1.85. The minimum absolute atomic E-state index is 0.151. The highest BCUT2D eigenvalue weighted by atomic mass is 16.5. The predicted octanol–water partition coefficient (Wildman–Crippen LogP) is 3.35. The van der Waals surface area contributed by atoms with Gasteiger partial charge in [0.25, 0.3) is 5.91 Å². The number of hydrogen-bond donors (Lipinski definition) is 1. The third-order valence-corrected chi connectivity index (χ3v) is 3.66. The van der Waals surface area contributed by atoms with Crippen LogP contribution in [0.25, 0.3) is 0 Å². The lowest BCUT2D eigenvalue weighted by molar-refractivity contribution is 0.0952. The largest absolute Gasteiger partial charge is 0.490 e. The Kier molecular flexibility index (Phi) is 7.44. The van der Waals surface area contributed by atoms with Crippen molar-refractivity contribution in [2.45, 2.75) is 46.5 Å². The summed E-state index contributed by atoms with van der Waals surface area (Å²) >= 11 is 0. The minimum atomic E-state index is -0.151. The van der Waals surface area contributed by atoms with Crippen LogP contribution < -0.4 is 14.8 Å². The van der Waals surface area contributed by atoms with Gasteiger partial charge >= 0.3 is 0 Å². The molecule has 0 radical (unpaired) electrons. The van der Waals surface area contributed by atoms with Gasteiger partial charge in [0.05, 0.1) is 13.2 Å². The molecular weight excluding hydrogens is 334 g/mol. The van der Waals surface area contributed by atoms with Crippen LogP contribution in [0.2, 0.25) is 0 Å². The van der Waals surface area contributed by atoms with E-state index in [1.54, 1.807) is 18.2 Å². The fourth-order valence-corrected chi connectivity index (χ4v) is 2.34. The zero-order valence-corrected chi connectivity index (χ0v) is 15.9. The van der Waals surface area contributed by atoms with Crippen LogP contribution in [0.5, 0.6) is 11.5 Å². The molecule has 2 aromatic rings. The highest BCUT2D eigenvalue weighted by Crippen LogP contribution is 2.28. The first-order valence-electron chi connectivity index (χ1n) is 9.05. The van der Waals surface area contributed by atoms with Gasteiger partial charge in [0.15, 0.2) is 17.3 Å². The molecule has 7 nitrogen and oxygen atoms in total. The van der Waals surface area contributed by atoms with E-state index < -0.39 is 0 Å². The molecule has 26 heavy (non-hydrogen) atoms. The molecule has 0 atom stereocenters. The Bertz CT molecular complexity index is 713. The monoisotopic (exact) mass is 361 g/mol. The second kappa shape index (κ2) is 9.79. The Labute approximate surface area is 154 Å². The summed E-state index contributed by atoms with van der Waals surface area (Å²) in [4.78, 5) is 16.6. The number of nitrogens with one attached hydrogen (secondary N) is 1. The van der Waals surface area contributed by atoms with Gasteiger partial charge in [-0.1, -0.05) is 19.0 Å². The molecule has 0 aliphatic rings. The van der Waals surface area contributed by atoms with Crippen LogP contribution >= 0.6 is 0 Å². The molecule has 142 valence electrons. The van der Waals surface area contributed by atoms with Gasteiger partial charge in [-0.05, 0) is 38.5 Å². The fourth-order valence-electron chi connectivity index (χ4n) is 2.34. The third kappa shape index (κ3) is 5.47. The van der Waals surface area contributed by atoms with E-state index in [1.807, 2.05) is 27.7 Å². The van der Waals surface area contributed by atoms with Crippen LogP contribution in [0.4, 0.5) is 0 Å². The summed E-state index contributed by atoms with van der Waals surface area (Å²) < 4.78 is 16.3. The van der Waals surface area contributed by atoms with E-state index in [4.69, 9.17) is 14.0 Å². The average Bonchev–Trinajstić information content (AvgIpc) is 3.10. The van der Waals surface area contributed by atoms with Crippen molar-refractivity contribution in [2.24, 2.45) is 0 Å². The van der Waals surface area contributed by atoms with Crippen LogP contribution in [-0.2, 0) is 6.42 Å². The van der Waals surface area contributed by atoms with E-state index in [0.29, 0.717) is 55.0 Å². The first kappa shape index (κ1) is 19.8. The predicted molar refractivity (Wildman–Crippen MR) is 97.8 cm³/mol. The second-order valence-electron chi connectivity index (χ2n) is 6.09. The van der Waals surface area contributed by atoms with Crippen LogP contribution in [0.1, 0.15) is 62.1 Å². The van der Waals surface area contributed by atoms with Crippen LogP contribution in [0.15, 0.2) is 22.7 Å². The number of ether oxygens (including phenoxy) is 2. The van der Waals surface area contributed by atoms with Gasteiger partial charge < -0.3 is 19.3 Å². The van der Waals surface area contributed by atoms with E-state index in [0.717, 1.165) is 6.42 Å². The van der Waals surface area contributed by atoms with Crippen LogP contribution in [-0.4, -0.2) is 35.8 Å². The number of aryl methyl sites for hydroxylation is 1. The summed E-state index contributed by atoms with van der Waals surface area (Å²) in [6.07, 6.45) is 1.36. The van der Waals surface area contributed by atoms with E-state index in [9.17, 15) is 4.79 Å². The standard InChI is InChI=1S/C19H27N3O4/c1-5-24-15-10-9-14(12-16(15)25-6-2)19(23)20-11-7-8-17-21-18(13(3)4)22-26-17/h9-10,12-13H,5-8,11H2,1-4H3,(H,20,23). The average molecular weight is 361 g/mol. The molecule has 0 spiro atoms. The number of carbonyl (C=O) groups is 1. The van der Waals surface area contributed by atoms with E-state index >= 15 is 0 Å². The number of rotatable bonds is 10. The number of carbonyl (C=O) groups excluding carboxylic acids is 1. The van der Waals surface area contributed by atoms with Crippen molar-refractivity contribution >= 4 is 5.91 Å². The van der Waals surface area contributed by atoms with Gasteiger partial charge in [-0.25, -0.2) is 0 Å². The molecule has 0 fully saturated rings. The van der Waals surface area contributed by atoms with Gasteiger partial charge in [-0.2, -0.15) is 4.98 Å². The Morgan fingerprint density at radius 3 is 2.58 bits per heavy atom. The lowest BCUT2D eigenvalue weighted by atomic mass is 10.2. The van der Waals surface area contributed by atoms with E-state index in [2.05, 4.69) is 15.5 Å². The Hall–Kier alpha value is -2.57. The number of amides is 1. The van der Waals surface area contributed by atoms with Crippen molar-refractivity contribution in [1.29, 1.82) is 0 Å². The van der Waals surface area contributed by atoms with Crippen molar-refractivity contribution in [3.63, 3.8) is 0 Å². The van der Waals surface area contributed by atoms with Crippen LogP contribution in [0.3, 0.4) is 0 Å². The molecule has 2 rings (SSSR count). The normalized spacial score (nSPS) is 10.8. The Morgan fingerprint density at radius 1 is 1.19 bits per heavy atom. The zero-order valence-electron chi connectivity index (χ0n) is 15.9. The molecule has 7 heteroatoms. The number of benzene rings is 1. The summed E-state index contributed by atoms with van der Waals surface area (Å²) in [5.41, 5.74) is 0.539. The molecule has 1 N–H and O–H groups in total. The van der Waals surface area contributed by atoms with Gasteiger partial charge in [0, 0.05) is 24.4 Å². The van der Waals surface area contributed by atoms with Crippen molar-refractivity contribution in [3.05, 3.63) is 35.5 Å². The molecule has 0 aliphatic carbocycles. The quantitative estimate of drug-likeness (QED) is 0.653. The highest BCUT2D eigenvalue weighted by molar-refractivity contribution is 5.94. The molecule has 1 heterocycles. The molecular formula is C19H27N3O4. The van der Waals surface area contributed by atoms with Crippen molar-refractivity contribution in [2.75, 3.05) is 19.8 Å². The summed E-state index contributed by atoms with van der Waals surface area (Å²) in [6, 6.07) is 5.20. The van der Waals surface area contributed by atoms with Gasteiger partial charge in [0.1, 0.15) is 0 Å².